The molecule has 0 nitrogen and oxygen atoms in total. The maximum Gasteiger partial charge on any atom is -0.00865 e. The molecule has 0 saturated heterocycles. The molecule has 0 N–H and O–H groups in total. The van der Waals surface area contributed by atoms with Gasteiger partial charge in [-0.1, -0.05) is 37.1 Å². The number of allylic oxidation sites excluding steroid dienone is 3. The largest absolute Gasteiger partial charge is 0.0998 e. The van der Waals surface area contributed by atoms with Crippen LogP contribution in [0.5, 0.6) is 0 Å². The summed E-state index contributed by atoms with van der Waals surface area (Å²) in [5.41, 5.74) is 3.61. The molecule has 2 rings (SSSR count). The Hall–Kier alpha value is -0.520. The Morgan fingerprint density at radius 3 is 2.87 bits per heavy atom. The van der Waals surface area contributed by atoms with Crippen LogP contribution in [-0.2, 0) is 0 Å². The van der Waals surface area contributed by atoms with Crippen LogP contribution >= 0.6 is 0 Å². The van der Waals surface area contributed by atoms with Gasteiger partial charge in [0, 0.05) is 0 Å². The lowest BCUT2D eigenvalue weighted by atomic mass is 9.55. The Morgan fingerprint density at radius 2 is 2.20 bits per heavy atom. The first kappa shape index (κ1) is 11.0. The van der Waals surface area contributed by atoms with Crippen molar-refractivity contribution in [3.05, 3.63) is 23.8 Å². The monoisotopic (exact) mass is 204 g/mol. The molecular weight excluding hydrogens is 180 g/mol. The van der Waals surface area contributed by atoms with E-state index in [0.29, 0.717) is 5.41 Å². The third kappa shape index (κ3) is 1.79. The fourth-order valence-electron chi connectivity index (χ4n) is 3.97. The van der Waals surface area contributed by atoms with Crippen molar-refractivity contribution in [2.24, 2.45) is 17.3 Å². The van der Waals surface area contributed by atoms with Crippen molar-refractivity contribution in [3.63, 3.8) is 0 Å². The highest BCUT2D eigenvalue weighted by atomic mass is 14.5. The van der Waals surface area contributed by atoms with Gasteiger partial charge in [0.05, 0.1) is 0 Å². The summed E-state index contributed by atoms with van der Waals surface area (Å²) in [6.45, 7) is 11.3. The summed E-state index contributed by atoms with van der Waals surface area (Å²) in [5, 5.41) is 0. The Balaban J connectivity index is 2.34. The van der Waals surface area contributed by atoms with Crippen molar-refractivity contribution >= 4 is 0 Å². The highest BCUT2D eigenvalue weighted by Gasteiger charge is 2.43. The standard InChI is InChI=1S/C15H24/c1-11(2)13-8-6-10-15(4)9-5-7-12(3)14(13)15/h7,13-14H,1,5-6,8-10H2,2-4H3/t13-,14-,15-/m1/s1. The molecule has 0 aromatic heterocycles. The van der Waals surface area contributed by atoms with E-state index in [4.69, 9.17) is 0 Å². The molecule has 0 aromatic carbocycles. The zero-order valence-corrected chi connectivity index (χ0v) is 10.5. The lowest BCUT2D eigenvalue weighted by Gasteiger charge is -2.49. The second kappa shape index (κ2) is 3.81. The Kier molecular flexibility index (Phi) is 2.79. The van der Waals surface area contributed by atoms with Crippen LogP contribution < -0.4 is 0 Å². The third-order valence-corrected chi connectivity index (χ3v) is 4.72. The van der Waals surface area contributed by atoms with Gasteiger partial charge in [-0.3, -0.25) is 0 Å². The molecule has 0 radical (unpaired) electrons. The van der Waals surface area contributed by atoms with E-state index in [-0.39, 0.29) is 0 Å². The van der Waals surface area contributed by atoms with Crippen molar-refractivity contribution in [3.8, 4) is 0 Å². The second-order valence-electron chi connectivity index (χ2n) is 5.96. The highest BCUT2D eigenvalue weighted by Crippen LogP contribution is 2.54. The minimum atomic E-state index is 0.570. The van der Waals surface area contributed by atoms with Crippen LogP contribution in [0.1, 0.15) is 52.9 Å². The summed E-state index contributed by atoms with van der Waals surface area (Å²) >= 11 is 0. The first-order chi connectivity index (χ1) is 7.04. The quantitative estimate of drug-likeness (QED) is 0.542. The smallest absolute Gasteiger partial charge is 0.00865 e. The Morgan fingerprint density at radius 1 is 1.47 bits per heavy atom. The number of hydrogen-bond donors (Lipinski definition) is 0. The molecule has 2 aliphatic rings. The first-order valence-corrected chi connectivity index (χ1v) is 6.37. The molecule has 0 unspecified atom stereocenters. The van der Waals surface area contributed by atoms with Crippen molar-refractivity contribution in [2.45, 2.75) is 52.9 Å². The van der Waals surface area contributed by atoms with Crippen LogP contribution in [0.15, 0.2) is 23.8 Å². The fourth-order valence-corrected chi connectivity index (χ4v) is 3.97. The van der Waals surface area contributed by atoms with Gasteiger partial charge in [-0.05, 0) is 56.8 Å². The fraction of sp³-hybridized carbons (Fsp3) is 0.733. The van der Waals surface area contributed by atoms with Gasteiger partial charge in [0.25, 0.3) is 0 Å². The molecule has 1 saturated carbocycles. The normalized spacial score (nSPS) is 40.6. The first-order valence-electron chi connectivity index (χ1n) is 6.37. The topological polar surface area (TPSA) is 0 Å². The second-order valence-corrected chi connectivity index (χ2v) is 5.96. The van der Waals surface area contributed by atoms with E-state index in [9.17, 15) is 0 Å². The van der Waals surface area contributed by atoms with Gasteiger partial charge in [0.15, 0.2) is 0 Å². The van der Waals surface area contributed by atoms with E-state index in [2.05, 4.69) is 33.4 Å². The molecule has 0 heteroatoms. The van der Waals surface area contributed by atoms with Crippen LogP contribution in [0, 0.1) is 17.3 Å². The van der Waals surface area contributed by atoms with Gasteiger partial charge >= 0.3 is 0 Å². The summed E-state index contributed by atoms with van der Waals surface area (Å²) in [6.07, 6.45) is 9.33. The molecule has 2 aliphatic carbocycles. The molecule has 1 fully saturated rings. The van der Waals surface area contributed by atoms with E-state index in [1.54, 1.807) is 5.57 Å². The highest BCUT2D eigenvalue weighted by molar-refractivity contribution is 5.20. The SMILES string of the molecule is C=C(C)[C@H]1CCC[C@@]2(C)CCC=C(C)[C@H]12. The number of fused-ring (bicyclic) bond motifs is 1. The van der Waals surface area contributed by atoms with Gasteiger partial charge in [0.1, 0.15) is 0 Å². The summed E-state index contributed by atoms with van der Waals surface area (Å²) in [6, 6.07) is 0. The average Bonchev–Trinajstić information content (AvgIpc) is 2.16. The Labute approximate surface area is 94.5 Å². The van der Waals surface area contributed by atoms with E-state index in [0.717, 1.165) is 11.8 Å². The van der Waals surface area contributed by atoms with Gasteiger partial charge in [0.2, 0.25) is 0 Å². The molecule has 0 aliphatic heterocycles. The summed E-state index contributed by atoms with van der Waals surface area (Å²) < 4.78 is 0. The number of rotatable bonds is 1. The van der Waals surface area contributed by atoms with Crippen LogP contribution in [0.25, 0.3) is 0 Å². The molecule has 84 valence electrons. The predicted octanol–water partition coefficient (Wildman–Crippen LogP) is 4.73. The maximum atomic E-state index is 4.21. The zero-order valence-electron chi connectivity index (χ0n) is 10.5. The minimum absolute atomic E-state index is 0.570. The molecule has 0 spiro atoms. The van der Waals surface area contributed by atoms with Crippen LogP contribution in [0.4, 0.5) is 0 Å². The van der Waals surface area contributed by atoms with Gasteiger partial charge in [-0.2, -0.15) is 0 Å². The molecular formula is C15H24. The summed E-state index contributed by atoms with van der Waals surface area (Å²) in [4.78, 5) is 0. The molecule has 15 heavy (non-hydrogen) atoms. The Bertz CT molecular complexity index is 297. The van der Waals surface area contributed by atoms with Crippen molar-refractivity contribution < 1.29 is 0 Å². The van der Waals surface area contributed by atoms with Gasteiger partial charge in [-0.15, -0.1) is 0 Å². The van der Waals surface area contributed by atoms with Crippen LogP contribution in [-0.4, -0.2) is 0 Å². The van der Waals surface area contributed by atoms with Crippen LogP contribution in [0.2, 0.25) is 0 Å². The molecule has 0 amide bonds. The van der Waals surface area contributed by atoms with E-state index in [1.807, 2.05) is 0 Å². The summed E-state index contributed by atoms with van der Waals surface area (Å²) in [5.74, 6) is 1.54. The molecule has 0 bridgehead atoms. The minimum Gasteiger partial charge on any atom is -0.0998 e. The zero-order chi connectivity index (χ0) is 11.1. The number of hydrogen-bond acceptors (Lipinski definition) is 0. The predicted molar refractivity (Wildman–Crippen MR) is 66.7 cm³/mol. The van der Waals surface area contributed by atoms with E-state index < -0.39 is 0 Å². The van der Waals surface area contributed by atoms with E-state index in [1.165, 1.54) is 37.7 Å². The summed E-state index contributed by atoms with van der Waals surface area (Å²) in [7, 11) is 0. The lowest BCUT2D eigenvalue weighted by Crippen LogP contribution is -2.39. The van der Waals surface area contributed by atoms with Crippen molar-refractivity contribution in [1.82, 2.24) is 0 Å². The molecule has 0 aromatic rings. The van der Waals surface area contributed by atoms with Gasteiger partial charge in [-0.25, -0.2) is 0 Å². The molecule has 0 heterocycles. The van der Waals surface area contributed by atoms with Gasteiger partial charge < -0.3 is 0 Å². The maximum absolute atomic E-state index is 4.21. The van der Waals surface area contributed by atoms with Crippen molar-refractivity contribution in [1.29, 1.82) is 0 Å². The third-order valence-electron chi connectivity index (χ3n) is 4.72. The van der Waals surface area contributed by atoms with Crippen LogP contribution in [0.3, 0.4) is 0 Å². The molecule has 3 atom stereocenters. The average molecular weight is 204 g/mol. The van der Waals surface area contributed by atoms with Crippen molar-refractivity contribution in [2.75, 3.05) is 0 Å². The lowest BCUT2D eigenvalue weighted by molar-refractivity contribution is 0.0839. The van der Waals surface area contributed by atoms with E-state index >= 15 is 0 Å².